The van der Waals surface area contributed by atoms with Crippen molar-refractivity contribution in [2.24, 2.45) is 0 Å². The molecule has 3 aliphatic heterocycles. The number of rotatable bonds is 4. The van der Waals surface area contributed by atoms with Crippen LogP contribution in [0.1, 0.15) is 22.7 Å². The number of aliphatic hydroxyl groups excluding tert-OH is 1. The fourth-order valence-corrected chi connectivity index (χ4v) is 4.59. The summed E-state index contributed by atoms with van der Waals surface area (Å²) in [4.78, 5) is 2.28. The Kier molecular flexibility index (Phi) is 4.20. The van der Waals surface area contributed by atoms with E-state index in [0.29, 0.717) is 28.6 Å². The monoisotopic (exact) mass is 397 g/mol. The normalized spacial score (nSPS) is 18.1. The van der Waals surface area contributed by atoms with E-state index in [1.807, 2.05) is 6.07 Å². The highest BCUT2D eigenvalue weighted by Gasteiger charge is 2.34. The van der Waals surface area contributed by atoms with Gasteiger partial charge < -0.3 is 33.7 Å². The maximum absolute atomic E-state index is 10.1. The summed E-state index contributed by atoms with van der Waals surface area (Å²) in [6, 6.07) is 3.97. The van der Waals surface area contributed by atoms with Crippen molar-refractivity contribution in [2.45, 2.75) is 19.1 Å². The van der Waals surface area contributed by atoms with E-state index in [-0.39, 0.29) is 19.4 Å². The van der Waals surface area contributed by atoms with Gasteiger partial charge in [0.05, 0.1) is 34.0 Å². The summed E-state index contributed by atoms with van der Waals surface area (Å²) >= 11 is 0. The molecule has 0 bridgehead atoms. The topological polar surface area (TPSA) is 69.6 Å². The van der Waals surface area contributed by atoms with Crippen molar-refractivity contribution in [2.75, 3.05) is 34.7 Å². The van der Waals surface area contributed by atoms with Crippen molar-refractivity contribution < 1.29 is 28.8 Å². The van der Waals surface area contributed by atoms with Gasteiger partial charge in [-0.2, -0.15) is 0 Å². The number of methoxy groups -OCH3 is 3. The van der Waals surface area contributed by atoms with Crippen molar-refractivity contribution in [3.05, 3.63) is 39.3 Å². The Morgan fingerprint density at radius 1 is 1.10 bits per heavy atom. The Hall–Kier alpha value is -3.06. The lowest BCUT2D eigenvalue weighted by molar-refractivity contribution is 0.171. The zero-order valence-electron chi connectivity index (χ0n) is 16.7. The van der Waals surface area contributed by atoms with Crippen LogP contribution in [-0.4, -0.2) is 44.7 Å². The molecule has 0 saturated carbocycles. The molecule has 0 amide bonds. The Morgan fingerprint density at radius 2 is 1.93 bits per heavy atom. The fraction of sp³-hybridized carbons (Fsp3) is 0.364. The first-order chi connectivity index (χ1) is 14.2. The smallest absolute Gasteiger partial charge is 0.231 e. The minimum absolute atomic E-state index is 0.0425. The molecule has 2 aromatic rings. The van der Waals surface area contributed by atoms with Gasteiger partial charge in [0.15, 0.2) is 23.0 Å². The van der Waals surface area contributed by atoms with E-state index in [0.717, 1.165) is 34.7 Å². The van der Waals surface area contributed by atoms with Crippen LogP contribution < -0.4 is 34.1 Å². The first-order valence-corrected chi connectivity index (χ1v) is 9.53. The van der Waals surface area contributed by atoms with Crippen LogP contribution in [0.3, 0.4) is 0 Å². The number of hydrogen-bond donors (Lipinski definition) is 1. The van der Waals surface area contributed by atoms with Gasteiger partial charge in [0.25, 0.3) is 0 Å². The SMILES string of the molecule is COc1cc2c(c(CO)c1OC)=CC1c3c(cc4c(c3OC)OCO4)CCN1C=2. The standard InChI is InChI=1S/C22H23NO6/c1-25-17-7-13-9-23-5-4-12-6-18-21(29-11-28-18)22(27-3)19(12)16(23)8-14(13)15(10-24)20(17)26-2/h6-9,16,24H,4-5,10-11H2,1-3H3. The Balaban J connectivity index is 1.77. The van der Waals surface area contributed by atoms with Crippen molar-refractivity contribution in [3.63, 3.8) is 0 Å². The molecular formula is C22H23NO6. The Morgan fingerprint density at radius 3 is 2.66 bits per heavy atom. The highest BCUT2D eigenvalue weighted by molar-refractivity contribution is 5.66. The highest BCUT2D eigenvalue weighted by atomic mass is 16.7. The quantitative estimate of drug-likeness (QED) is 0.828. The lowest BCUT2D eigenvalue weighted by atomic mass is 9.88. The van der Waals surface area contributed by atoms with E-state index >= 15 is 0 Å². The zero-order valence-corrected chi connectivity index (χ0v) is 16.7. The summed E-state index contributed by atoms with van der Waals surface area (Å²) in [6.07, 6.45) is 5.15. The molecule has 2 aromatic carbocycles. The Bertz CT molecular complexity index is 1110. The van der Waals surface area contributed by atoms with Gasteiger partial charge in [-0.1, -0.05) is 0 Å². The third-order valence-corrected chi connectivity index (χ3v) is 5.87. The third-order valence-electron chi connectivity index (χ3n) is 5.87. The summed E-state index contributed by atoms with van der Waals surface area (Å²) in [5.74, 6) is 3.26. The third kappa shape index (κ3) is 2.54. The summed E-state index contributed by atoms with van der Waals surface area (Å²) in [7, 11) is 4.84. The second-order valence-electron chi connectivity index (χ2n) is 7.20. The average Bonchev–Trinajstić information content (AvgIpc) is 3.22. The highest BCUT2D eigenvalue weighted by Crippen LogP contribution is 2.50. The summed E-state index contributed by atoms with van der Waals surface area (Å²) < 4.78 is 28.1. The molecule has 0 radical (unpaired) electrons. The predicted octanol–water partition coefficient (Wildman–Crippen LogP) is 1.06. The van der Waals surface area contributed by atoms with E-state index in [4.69, 9.17) is 23.7 Å². The van der Waals surface area contributed by atoms with Crippen LogP contribution in [0.15, 0.2) is 12.1 Å². The maximum atomic E-state index is 10.1. The summed E-state index contributed by atoms with van der Waals surface area (Å²) in [6.45, 7) is 0.914. The number of fused-ring (bicyclic) bond motifs is 5. The molecule has 1 atom stereocenters. The molecule has 0 aliphatic carbocycles. The number of hydrogen-bond acceptors (Lipinski definition) is 7. The number of nitrogens with zero attached hydrogens (tertiary/aromatic N) is 1. The molecular weight excluding hydrogens is 374 g/mol. The van der Waals surface area contributed by atoms with Crippen molar-refractivity contribution in [1.29, 1.82) is 0 Å². The van der Waals surface area contributed by atoms with Gasteiger partial charge in [-0.05, 0) is 35.4 Å². The molecule has 0 fully saturated rings. The summed E-state index contributed by atoms with van der Waals surface area (Å²) in [5.41, 5.74) is 2.97. The molecule has 152 valence electrons. The molecule has 1 unspecified atom stereocenters. The summed E-state index contributed by atoms with van der Waals surface area (Å²) in [5, 5.41) is 12.0. The van der Waals surface area contributed by atoms with Crippen LogP contribution >= 0.6 is 0 Å². The van der Waals surface area contributed by atoms with Crippen LogP contribution in [0.5, 0.6) is 28.7 Å². The van der Waals surface area contributed by atoms with Gasteiger partial charge in [-0.3, -0.25) is 0 Å². The van der Waals surface area contributed by atoms with Crippen LogP contribution in [0.2, 0.25) is 0 Å². The molecule has 0 spiro atoms. The minimum atomic E-state index is -0.148. The number of aliphatic hydroxyl groups is 1. The molecule has 5 rings (SSSR count). The van der Waals surface area contributed by atoms with Crippen molar-refractivity contribution in [1.82, 2.24) is 4.90 Å². The van der Waals surface area contributed by atoms with Crippen LogP contribution in [0.25, 0.3) is 12.3 Å². The zero-order chi connectivity index (χ0) is 20.1. The van der Waals surface area contributed by atoms with E-state index in [1.54, 1.807) is 21.3 Å². The minimum Gasteiger partial charge on any atom is -0.493 e. The van der Waals surface area contributed by atoms with Gasteiger partial charge in [0, 0.05) is 29.1 Å². The maximum Gasteiger partial charge on any atom is 0.231 e. The lowest BCUT2D eigenvalue weighted by Gasteiger charge is -2.38. The van der Waals surface area contributed by atoms with Gasteiger partial charge in [0.2, 0.25) is 12.5 Å². The second kappa shape index (κ2) is 6.77. The molecule has 3 aliphatic rings. The van der Waals surface area contributed by atoms with Crippen molar-refractivity contribution >= 4 is 12.3 Å². The van der Waals surface area contributed by atoms with Gasteiger partial charge in [-0.25, -0.2) is 0 Å². The molecule has 0 saturated heterocycles. The molecule has 0 aromatic heterocycles. The Labute approximate surface area is 168 Å². The van der Waals surface area contributed by atoms with Crippen molar-refractivity contribution in [3.8, 4) is 28.7 Å². The fourth-order valence-electron chi connectivity index (χ4n) is 4.59. The van der Waals surface area contributed by atoms with Crippen LogP contribution in [0.4, 0.5) is 0 Å². The van der Waals surface area contributed by atoms with Gasteiger partial charge >= 0.3 is 0 Å². The van der Waals surface area contributed by atoms with Gasteiger partial charge in [-0.15, -0.1) is 0 Å². The first-order valence-electron chi connectivity index (χ1n) is 9.53. The lowest BCUT2D eigenvalue weighted by Crippen LogP contribution is -2.42. The molecule has 3 heterocycles. The average molecular weight is 397 g/mol. The number of benzene rings is 2. The number of ether oxygens (including phenoxy) is 5. The predicted molar refractivity (Wildman–Crippen MR) is 106 cm³/mol. The van der Waals surface area contributed by atoms with E-state index in [2.05, 4.69) is 23.2 Å². The second-order valence-corrected chi connectivity index (χ2v) is 7.20. The van der Waals surface area contributed by atoms with E-state index in [9.17, 15) is 5.11 Å². The molecule has 1 N–H and O–H groups in total. The largest absolute Gasteiger partial charge is 0.493 e. The molecule has 7 nitrogen and oxygen atoms in total. The molecule has 7 heteroatoms. The van der Waals surface area contributed by atoms with Crippen LogP contribution in [-0.2, 0) is 13.0 Å². The first kappa shape index (κ1) is 18.0. The van der Waals surface area contributed by atoms with E-state index in [1.165, 1.54) is 5.56 Å². The van der Waals surface area contributed by atoms with E-state index < -0.39 is 0 Å². The van der Waals surface area contributed by atoms with Gasteiger partial charge in [0.1, 0.15) is 0 Å². The molecule has 29 heavy (non-hydrogen) atoms. The van der Waals surface area contributed by atoms with Crippen LogP contribution in [0, 0.1) is 0 Å².